The number of anilines is 1. The molecule has 1 saturated heterocycles. The SMILES string of the molecule is CC1(NC(=O)c2cn[nH]c2N)CCCOC1. The van der Waals surface area contributed by atoms with Crippen molar-refractivity contribution < 1.29 is 9.53 Å². The lowest BCUT2D eigenvalue weighted by Crippen LogP contribution is -2.51. The zero-order valence-electron chi connectivity index (χ0n) is 9.25. The zero-order chi connectivity index (χ0) is 11.6. The smallest absolute Gasteiger partial charge is 0.257 e. The molecule has 0 aromatic carbocycles. The van der Waals surface area contributed by atoms with Crippen molar-refractivity contribution in [2.24, 2.45) is 0 Å². The van der Waals surface area contributed by atoms with Gasteiger partial charge < -0.3 is 15.8 Å². The van der Waals surface area contributed by atoms with Crippen LogP contribution in [0.5, 0.6) is 0 Å². The minimum atomic E-state index is -0.307. The second-order valence-electron chi connectivity index (χ2n) is 4.37. The second-order valence-corrected chi connectivity index (χ2v) is 4.37. The van der Waals surface area contributed by atoms with Crippen LogP contribution in [0.15, 0.2) is 6.20 Å². The van der Waals surface area contributed by atoms with Gasteiger partial charge in [-0.3, -0.25) is 9.89 Å². The van der Waals surface area contributed by atoms with Crippen molar-refractivity contribution in [1.82, 2.24) is 15.5 Å². The average molecular weight is 224 g/mol. The van der Waals surface area contributed by atoms with Crippen molar-refractivity contribution in [3.63, 3.8) is 0 Å². The molecule has 4 N–H and O–H groups in total. The number of aromatic amines is 1. The summed E-state index contributed by atoms with van der Waals surface area (Å²) in [6.45, 7) is 3.27. The minimum absolute atomic E-state index is 0.209. The maximum Gasteiger partial charge on any atom is 0.257 e. The van der Waals surface area contributed by atoms with Crippen LogP contribution in [0.2, 0.25) is 0 Å². The van der Waals surface area contributed by atoms with Crippen molar-refractivity contribution in [2.75, 3.05) is 18.9 Å². The summed E-state index contributed by atoms with van der Waals surface area (Å²) in [4.78, 5) is 11.9. The van der Waals surface area contributed by atoms with E-state index in [4.69, 9.17) is 10.5 Å². The number of hydrogen-bond acceptors (Lipinski definition) is 4. The first-order chi connectivity index (χ1) is 7.61. The van der Waals surface area contributed by atoms with Gasteiger partial charge in [0.25, 0.3) is 5.91 Å². The number of nitrogen functional groups attached to an aromatic ring is 1. The second kappa shape index (κ2) is 4.13. The van der Waals surface area contributed by atoms with Crippen LogP contribution in [-0.4, -0.2) is 34.9 Å². The number of nitrogens with one attached hydrogen (secondary N) is 2. The normalized spacial score (nSPS) is 25.3. The molecule has 0 bridgehead atoms. The van der Waals surface area contributed by atoms with Gasteiger partial charge in [-0.2, -0.15) is 5.10 Å². The monoisotopic (exact) mass is 224 g/mol. The Morgan fingerprint density at radius 2 is 2.56 bits per heavy atom. The molecule has 1 atom stereocenters. The predicted molar refractivity (Wildman–Crippen MR) is 58.9 cm³/mol. The molecular weight excluding hydrogens is 208 g/mol. The van der Waals surface area contributed by atoms with Gasteiger partial charge in [-0.1, -0.05) is 0 Å². The third-order valence-corrected chi connectivity index (χ3v) is 2.77. The molecule has 1 unspecified atom stereocenters. The number of amides is 1. The molecule has 2 rings (SSSR count). The summed E-state index contributed by atoms with van der Waals surface area (Å²) < 4.78 is 5.36. The number of nitrogens with two attached hydrogens (primary N) is 1. The highest BCUT2D eigenvalue weighted by Crippen LogP contribution is 2.19. The molecule has 1 aliphatic heterocycles. The van der Waals surface area contributed by atoms with Gasteiger partial charge in [0.2, 0.25) is 0 Å². The molecule has 1 amide bonds. The van der Waals surface area contributed by atoms with Gasteiger partial charge in [0, 0.05) is 6.61 Å². The summed E-state index contributed by atoms with van der Waals surface area (Å²) >= 11 is 0. The van der Waals surface area contributed by atoms with Gasteiger partial charge in [0.05, 0.1) is 18.3 Å². The van der Waals surface area contributed by atoms with Crippen LogP contribution in [0.4, 0.5) is 5.82 Å². The quantitative estimate of drug-likeness (QED) is 0.673. The number of H-pyrrole nitrogens is 1. The summed E-state index contributed by atoms with van der Waals surface area (Å²) in [5, 5.41) is 9.19. The highest BCUT2D eigenvalue weighted by atomic mass is 16.5. The molecule has 88 valence electrons. The van der Waals surface area contributed by atoms with E-state index in [2.05, 4.69) is 15.5 Å². The summed E-state index contributed by atoms with van der Waals surface area (Å²) in [5.74, 6) is 0.0806. The largest absolute Gasteiger partial charge is 0.383 e. The van der Waals surface area contributed by atoms with Gasteiger partial charge in [-0.05, 0) is 19.8 Å². The van der Waals surface area contributed by atoms with Crippen molar-refractivity contribution in [2.45, 2.75) is 25.3 Å². The van der Waals surface area contributed by atoms with Crippen LogP contribution in [0.3, 0.4) is 0 Å². The fourth-order valence-electron chi connectivity index (χ4n) is 1.85. The Morgan fingerprint density at radius 3 is 3.12 bits per heavy atom. The van der Waals surface area contributed by atoms with Crippen LogP contribution in [0.1, 0.15) is 30.1 Å². The number of carbonyl (C=O) groups is 1. The Kier molecular flexibility index (Phi) is 2.82. The Morgan fingerprint density at radius 1 is 1.75 bits per heavy atom. The summed E-state index contributed by atoms with van der Waals surface area (Å²) in [5.41, 5.74) is 5.65. The van der Waals surface area contributed by atoms with Crippen molar-refractivity contribution in [1.29, 1.82) is 0 Å². The Bertz CT molecular complexity index is 382. The highest BCUT2D eigenvalue weighted by Gasteiger charge is 2.30. The predicted octanol–water partition coefficient (Wildman–Crippen LogP) is 0.291. The molecule has 1 aromatic heterocycles. The van der Waals surface area contributed by atoms with Crippen LogP contribution in [0.25, 0.3) is 0 Å². The molecule has 0 radical (unpaired) electrons. The third kappa shape index (κ3) is 2.16. The standard InChI is InChI=1S/C10H16N4O2/c1-10(3-2-4-16-6-10)13-9(15)7-5-12-14-8(7)11/h5H,2-4,6H2,1H3,(H,13,15)(H3,11,12,14). The number of rotatable bonds is 2. The molecule has 1 aliphatic rings. The van der Waals surface area contributed by atoms with E-state index in [-0.39, 0.29) is 17.3 Å². The number of aromatic nitrogens is 2. The van der Waals surface area contributed by atoms with Gasteiger partial charge in [0.1, 0.15) is 11.4 Å². The topological polar surface area (TPSA) is 93.0 Å². The van der Waals surface area contributed by atoms with Crippen LogP contribution in [-0.2, 0) is 4.74 Å². The van der Waals surface area contributed by atoms with Crippen molar-refractivity contribution in [3.05, 3.63) is 11.8 Å². The zero-order valence-corrected chi connectivity index (χ0v) is 9.25. The first-order valence-electron chi connectivity index (χ1n) is 5.30. The molecule has 0 saturated carbocycles. The highest BCUT2D eigenvalue weighted by molar-refractivity contribution is 5.98. The maximum absolute atomic E-state index is 11.9. The third-order valence-electron chi connectivity index (χ3n) is 2.77. The van der Waals surface area contributed by atoms with E-state index in [1.165, 1.54) is 6.20 Å². The molecule has 1 fully saturated rings. The molecule has 6 nitrogen and oxygen atoms in total. The first-order valence-corrected chi connectivity index (χ1v) is 5.30. The van der Waals surface area contributed by atoms with Crippen LogP contribution in [0, 0.1) is 0 Å². The fourth-order valence-corrected chi connectivity index (χ4v) is 1.85. The molecule has 2 heterocycles. The van der Waals surface area contributed by atoms with Gasteiger partial charge in [0.15, 0.2) is 0 Å². The van der Waals surface area contributed by atoms with Crippen molar-refractivity contribution >= 4 is 11.7 Å². The summed E-state index contributed by atoms with van der Waals surface area (Å²) in [6.07, 6.45) is 3.30. The molecular formula is C10H16N4O2. The fraction of sp³-hybridized carbons (Fsp3) is 0.600. The number of nitrogens with zero attached hydrogens (tertiary/aromatic N) is 1. The van der Waals surface area contributed by atoms with E-state index in [0.717, 1.165) is 19.4 Å². The lowest BCUT2D eigenvalue weighted by atomic mass is 9.94. The van der Waals surface area contributed by atoms with Crippen molar-refractivity contribution in [3.8, 4) is 0 Å². The van der Waals surface area contributed by atoms with Gasteiger partial charge in [-0.25, -0.2) is 0 Å². The number of carbonyl (C=O) groups excluding carboxylic acids is 1. The average Bonchev–Trinajstić information content (AvgIpc) is 2.65. The number of ether oxygens (including phenoxy) is 1. The lowest BCUT2D eigenvalue weighted by molar-refractivity contribution is 0.0273. The van der Waals surface area contributed by atoms with Gasteiger partial charge >= 0.3 is 0 Å². The summed E-state index contributed by atoms with van der Waals surface area (Å²) in [7, 11) is 0. The van der Waals surface area contributed by atoms with E-state index in [1.54, 1.807) is 0 Å². The van der Waals surface area contributed by atoms with E-state index in [1.807, 2.05) is 6.92 Å². The molecule has 1 aromatic rings. The van der Waals surface area contributed by atoms with E-state index in [0.29, 0.717) is 12.2 Å². The van der Waals surface area contributed by atoms with E-state index >= 15 is 0 Å². The van der Waals surface area contributed by atoms with Crippen LogP contribution >= 0.6 is 0 Å². The molecule has 6 heteroatoms. The Balaban J connectivity index is 2.04. The van der Waals surface area contributed by atoms with Crippen LogP contribution < -0.4 is 11.1 Å². The molecule has 0 spiro atoms. The molecule has 16 heavy (non-hydrogen) atoms. The van der Waals surface area contributed by atoms with E-state index < -0.39 is 0 Å². The van der Waals surface area contributed by atoms with Gasteiger partial charge in [-0.15, -0.1) is 0 Å². The Hall–Kier alpha value is -1.56. The maximum atomic E-state index is 11.9. The summed E-state index contributed by atoms with van der Waals surface area (Å²) in [6, 6.07) is 0. The minimum Gasteiger partial charge on any atom is -0.383 e. The first kappa shape index (κ1) is 10.9. The van der Waals surface area contributed by atoms with E-state index in [9.17, 15) is 4.79 Å². The number of hydrogen-bond donors (Lipinski definition) is 3. The Labute approximate surface area is 93.5 Å². The molecule has 0 aliphatic carbocycles. The lowest BCUT2D eigenvalue weighted by Gasteiger charge is -2.34.